The Morgan fingerprint density at radius 3 is 2.73 bits per heavy atom. The lowest BCUT2D eigenvalue weighted by Crippen LogP contribution is -2.25. The van der Waals surface area contributed by atoms with Crippen molar-refractivity contribution in [3.8, 4) is 5.75 Å². The summed E-state index contributed by atoms with van der Waals surface area (Å²) in [5.74, 6) is 0.630. The van der Waals surface area contributed by atoms with Gasteiger partial charge in [0.05, 0.1) is 18.7 Å². The average molecular weight is 356 g/mol. The van der Waals surface area contributed by atoms with Gasteiger partial charge in [-0.3, -0.25) is 4.79 Å². The van der Waals surface area contributed by atoms with E-state index in [4.69, 9.17) is 4.74 Å². The monoisotopic (exact) mass is 356 g/mol. The molecule has 5 heteroatoms. The Kier molecular flexibility index (Phi) is 5.89. The van der Waals surface area contributed by atoms with Crippen molar-refractivity contribution >= 4 is 11.6 Å². The van der Waals surface area contributed by atoms with E-state index in [1.807, 2.05) is 30.3 Å². The summed E-state index contributed by atoms with van der Waals surface area (Å²) in [7, 11) is 0. The van der Waals surface area contributed by atoms with Crippen LogP contribution < -0.4 is 15.4 Å². The summed E-state index contributed by atoms with van der Waals surface area (Å²) < 4.78 is 20.1. The molecule has 1 aliphatic heterocycles. The number of anilines is 1. The van der Waals surface area contributed by atoms with Crippen LogP contribution in [0.15, 0.2) is 36.4 Å². The number of nitrogens with one attached hydrogen (secondary N) is 2. The topological polar surface area (TPSA) is 50.4 Å². The molecule has 1 amide bonds. The minimum atomic E-state index is -0.317. The number of amides is 1. The molecule has 4 nitrogen and oxygen atoms in total. The first-order chi connectivity index (χ1) is 12.5. The summed E-state index contributed by atoms with van der Waals surface area (Å²) in [5, 5.41) is 5.87. The molecule has 2 aromatic carbocycles. The number of ether oxygens (including phenoxy) is 1. The zero-order valence-corrected chi connectivity index (χ0v) is 15.3. The quantitative estimate of drug-likeness (QED) is 0.822. The zero-order valence-electron chi connectivity index (χ0n) is 15.3. The normalized spacial score (nSPS) is 13.4. The molecule has 26 heavy (non-hydrogen) atoms. The van der Waals surface area contributed by atoms with E-state index < -0.39 is 0 Å². The number of hydrogen-bond donors (Lipinski definition) is 2. The summed E-state index contributed by atoms with van der Waals surface area (Å²) in [4.78, 5) is 12.1. The van der Waals surface area contributed by atoms with Crippen molar-refractivity contribution in [1.82, 2.24) is 5.32 Å². The molecule has 0 fully saturated rings. The summed E-state index contributed by atoms with van der Waals surface area (Å²) in [6, 6.07) is 11.4. The Labute approximate surface area is 153 Å². The maximum absolute atomic E-state index is 14.5. The Balaban J connectivity index is 1.51. The molecule has 138 valence electrons. The molecule has 1 heterocycles. The van der Waals surface area contributed by atoms with Crippen LogP contribution in [-0.4, -0.2) is 19.1 Å². The van der Waals surface area contributed by atoms with Crippen molar-refractivity contribution in [1.29, 1.82) is 0 Å². The van der Waals surface area contributed by atoms with Gasteiger partial charge in [-0.15, -0.1) is 0 Å². The molecule has 0 aromatic heterocycles. The fourth-order valence-electron chi connectivity index (χ4n) is 3.05. The lowest BCUT2D eigenvalue weighted by atomic mass is 9.99. The highest BCUT2D eigenvalue weighted by atomic mass is 19.1. The molecule has 0 radical (unpaired) electrons. The van der Waals surface area contributed by atoms with Crippen molar-refractivity contribution in [3.05, 3.63) is 58.9 Å². The lowest BCUT2D eigenvalue weighted by Gasteiger charge is -2.19. The molecule has 1 aliphatic rings. The van der Waals surface area contributed by atoms with Crippen LogP contribution in [-0.2, 0) is 17.8 Å². The molecular formula is C21H25FN2O2. The molecule has 0 aliphatic carbocycles. The van der Waals surface area contributed by atoms with Crippen LogP contribution in [0.2, 0.25) is 0 Å². The first-order valence-corrected chi connectivity index (χ1v) is 9.08. The molecule has 0 saturated carbocycles. The van der Waals surface area contributed by atoms with Crippen molar-refractivity contribution < 1.29 is 13.9 Å². The second-order valence-corrected chi connectivity index (χ2v) is 6.86. The molecule has 2 N–H and O–H groups in total. The third-order valence-corrected chi connectivity index (χ3v) is 4.63. The predicted molar refractivity (Wildman–Crippen MR) is 101 cm³/mol. The number of halogens is 1. The minimum absolute atomic E-state index is 0.171. The lowest BCUT2D eigenvalue weighted by molar-refractivity contribution is -0.116. The highest BCUT2D eigenvalue weighted by Gasteiger charge is 2.17. The van der Waals surface area contributed by atoms with Crippen LogP contribution in [0.4, 0.5) is 10.1 Å². The van der Waals surface area contributed by atoms with Crippen molar-refractivity contribution in [2.45, 2.75) is 39.2 Å². The molecule has 0 bridgehead atoms. The van der Waals surface area contributed by atoms with Gasteiger partial charge in [0.15, 0.2) is 0 Å². The number of rotatable bonds is 6. The third kappa shape index (κ3) is 4.41. The number of benzene rings is 2. The zero-order chi connectivity index (χ0) is 18.5. The second kappa shape index (κ2) is 8.32. The number of carbonyl (C=O) groups excluding carboxylic acids is 1. The van der Waals surface area contributed by atoms with E-state index in [0.717, 1.165) is 17.9 Å². The van der Waals surface area contributed by atoms with Gasteiger partial charge in [-0.1, -0.05) is 32.0 Å². The summed E-state index contributed by atoms with van der Waals surface area (Å²) in [6.45, 7) is 5.95. The van der Waals surface area contributed by atoms with Crippen LogP contribution >= 0.6 is 0 Å². The highest BCUT2D eigenvalue weighted by Crippen LogP contribution is 2.24. The maximum Gasteiger partial charge on any atom is 0.227 e. The third-order valence-electron chi connectivity index (χ3n) is 4.63. The van der Waals surface area contributed by atoms with E-state index in [1.165, 1.54) is 5.56 Å². The Morgan fingerprint density at radius 1 is 1.23 bits per heavy atom. The van der Waals surface area contributed by atoms with Crippen LogP contribution in [0.1, 0.15) is 42.9 Å². The fourth-order valence-corrected chi connectivity index (χ4v) is 3.05. The number of carbonyl (C=O) groups is 1. The molecular weight excluding hydrogens is 331 g/mol. The Morgan fingerprint density at radius 2 is 2.00 bits per heavy atom. The standard InChI is InChI=1S/C21H25FN2O2/c1-14(2)15-3-6-17(7-4-15)26-12-10-20(25)24-19-8-5-16-13-23-11-9-18(16)21(19)22/h3-8,14,23H,9-13H2,1-2H3,(H,24,25). The van der Waals surface area contributed by atoms with E-state index >= 15 is 0 Å². The Hall–Kier alpha value is -2.40. The van der Waals surface area contributed by atoms with Crippen LogP contribution in [0.25, 0.3) is 0 Å². The van der Waals surface area contributed by atoms with Gasteiger partial charge in [0, 0.05) is 6.54 Å². The molecule has 0 saturated heterocycles. The van der Waals surface area contributed by atoms with Gasteiger partial charge in [-0.05, 0) is 53.8 Å². The van der Waals surface area contributed by atoms with Gasteiger partial charge in [-0.2, -0.15) is 0 Å². The maximum atomic E-state index is 14.5. The summed E-state index contributed by atoms with van der Waals surface area (Å²) in [5.41, 5.74) is 3.15. The van der Waals surface area contributed by atoms with Gasteiger partial charge in [0.25, 0.3) is 0 Å². The van der Waals surface area contributed by atoms with Gasteiger partial charge >= 0.3 is 0 Å². The van der Waals surface area contributed by atoms with E-state index in [-0.39, 0.29) is 30.4 Å². The first kappa shape index (κ1) is 18.4. The largest absolute Gasteiger partial charge is 0.493 e. The fraction of sp³-hybridized carbons (Fsp3) is 0.381. The molecule has 0 unspecified atom stereocenters. The average Bonchev–Trinajstić information content (AvgIpc) is 2.65. The van der Waals surface area contributed by atoms with Crippen LogP contribution in [0.3, 0.4) is 0 Å². The van der Waals surface area contributed by atoms with E-state index in [2.05, 4.69) is 24.5 Å². The smallest absolute Gasteiger partial charge is 0.227 e. The first-order valence-electron chi connectivity index (χ1n) is 9.08. The van der Waals surface area contributed by atoms with Gasteiger partial charge in [0.1, 0.15) is 11.6 Å². The van der Waals surface area contributed by atoms with E-state index in [0.29, 0.717) is 24.4 Å². The highest BCUT2D eigenvalue weighted by molar-refractivity contribution is 5.91. The van der Waals surface area contributed by atoms with Crippen molar-refractivity contribution in [3.63, 3.8) is 0 Å². The summed E-state index contributed by atoms with van der Waals surface area (Å²) in [6.07, 6.45) is 0.810. The number of fused-ring (bicyclic) bond motifs is 1. The molecule has 3 rings (SSSR count). The molecule has 0 spiro atoms. The van der Waals surface area contributed by atoms with Gasteiger partial charge < -0.3 is 15.4 Å². The SMILES string of the molecule is CC(C)c1ccc(OCCC(=O)Nc2ccc3c(c2F)CCNC3)cc1. The van der Waals surface area contributed by atoms with E-state index in [1.54, 1.807) is 6.07 Å². The Bertz CT molecular complexity index is 772. The van der Waals surface area contributed by atoms with Gasteiger partial charge in [-0.25, -0.2) is 4.39 Å². The minimum Gasteiger partial charge on any atom is -0.493 e. The van der Waals surface area contributed by atoms with Crippen molar-refractivity contribution in [2.75, 3.05) is 18.5 Å². The van der Waals surface area contributed by atoms with E-state index in [9.17, 15) is 9.18 Å². The molecule has 2 aromatic rings. The van der Waals surface area contributed by atoms with Crippen LogP contribution in [0.5, 0.6) is 5.75 Å². The van der Waals surface area contributed by atoms with Crippen molar-refractivity contribution in [2.24, 2.45) is 0 Å². The predicted octanol–water partition coefficient (Wildman–Crippen LogP) is 4.00. The molecule has 0 atom stereocenters. The second-order valence-electron chi connectivity index (χ2n) is 6.86. The summed E-state index contributed by atoms with van der Waals surface area (Å²) >= 11 is 0. The number of hydrogen-bond acceptors (Lipinski definition) is 3. The van der Waals surface area contributed by atoms with Gasteiger partial charge in [0.2, 0.25) is 5.91 Å². The van der Waals surface area contributed by atoms with Crippen LogP contribution in [0, 0.1) is 5.82 Å².